The molecule has 0 atom stereocenters. The Morgan fingerprint density at radius 1 is 1.28 bits per heavy atom. The van der Waals surface area contributed by atoms with E-state index in [0.29, 0.717) is 6.54 Å². The Morgan fingerprint density at radius 2 is 2.10 bits per heavy atom. The Kier molecular flexibility index (Phi) is 5.73. The molecule has 2 aromatic heterocycles. The van der Waals surface area contributed by atoms with E-state index in [9.17, 15) is 4.79 Å². The standard InChI is InChI=1S/C21H25N5O2S/c1-4-25(5-2)10-11-26-16-7-6-14(12-23-21(27)28-3)20-18(16)19(24-26)15-13-22-9-8-17(15)29-20/h6-9,13H,4-5,10-12H2,1-3H3,(H,23,27). The largest absolute Gasteiger partial charge is 0.453 e. The summed E-state index contributed by atoms with van der Waals surface area (Å²) in [6, 6.07) is 6.20. The normalized spacial score (nSPS) is 12.3. The van der Waals surface area contributed by atoms with Crippen LogP contribution in [0.1, 0.15) is 19.4 Å². The molecule has 0 unspecified atom stereocenters. The van der Waals surface area contributed by atoms with Crippen molar-refractivity contribution in [1.82, 2.24) is 25.0 Å². The van der Waals surface area contributed by atoms with Gasteiger partial charge in [0, 0.05) is 46.2 Å². The van der Waals surface area contributed by atoms with E-state index in [1.807, 2.05) is 12.3 Å². The molecule has 0 saturated heterocycles. The second-order valence-corrected chi connectivity index (χ2v) is 7.92. The van der Waals surface area contributed by atoms with Crippen molar-refractivity contribution in [1.29, 1.82) is 0 Å². The molecule has 4 rings (SSSR count). The van der Waals surface area contributed by atoms with Crippen LogP contribution in [0.15, 0.2) is 40.4 Å². The molecule has 0 aliphatic carbocycles. The summed E-state index contributed by atoms with van der Waals surface area (Å²) in [5.74, 6) is 0. The highest BCUT2D eigenvalue weighted by Gasteiger charge is 2.26. The summed E-state index contributed by atoms with van der Waals surface area (Å²) in [5, 5.41) is 8.91. The highest BCUT2D eigenvalue weighted by atomic mass is 32.2. The van der Waals surface area contributed by atoms with Crippen LogP contribution in [0.2, 0.25) is 0 Å². The second kappa shape index (κ2) is 8.42. The van der Waals surface area contributed by atoms with E-state index in [0.717, 1.165) is 63.7 Å². The number of nitrogens with one attached hydrogen (secondary N) is 1. The summed E-state index contributed by atoms with van der Waals surface area (Å²) in [7, 11) is 1.37. The van der Waals surface area contributed by atoms with Crippen LogP contribution in [0.25, 0.3) is 22.2 Å². The average Bonchev–Trinajstić information content (AvgIpc) is 3.13. The monoisotopic (exact) mass is 411 g/mol. The first-order chi connectivity index (χ1) is 14.2. The van der Waals surface area contributed by atoms with Crippen molar-refractivity contribution in [3.8, 4) is 11.3 Å². The number of likely N-dealkylation sites (N-methyl/N-ethyl adjacent to an activating group) is 1. The van der Waals surface area contributed by atoms with Gasteiger partial charge in [0.1, 0.15) is 5.69 Å². The summed E-state index contributed by atoms with van der Waals surface area (Å²) in [5.41, 5.74) is 4.21. The minimum absolute atomic E-state index is 0.412. The average molecular weight is 412 g/mol. The Morgan fingerprint density at radius 3 is 2.86 bits per heavy atom. The van der Waals surface area contributed by atoms with E-state index < -0.39 is 6.09 Å². The van der Waals surface area contributed by atoms with Crippen molar-refractivity contribution in [3.63, 3.8) is 0 Å². The maximum atomic E-state index is 11.6. The first-order valence-electron chi connectivity index (χ1n) is 9.85. The predicted octanol–water partition coefficient (Wildman–Crippen LogP) is 3.76. The van der Waals surface area contributed by atoms with Gasteiger partial charge in [0.15, 0.2) is 0 Å². The molecular weight excluding hydrogens is 386 g/mol. The number of carbonyl (C=O) groups is 1. The molecule has 1 N–H and O–H groups in total. The van der Waals surface area contributed by atoms with E-state index >= 15 is 0 Å². The number of hydrogen-bond acceptors (Lipinski definition) is 6. The van der Waals surface area contributed by atoms with Crippen LogP contribution in [-0.4, -0.2) is 52.5 Å². The zero-order chi connectivity index (χ0) is 20.4. The number of benzene rings is 1. The van der Waals surface area contributed by atoms with Crippen LogP contribution in [0.3, 0.4) is 0 Å². The van der Waals surface area contributed by atoms with Crippen LogP contribution in [0.4, 0.5) is 4.79 Å². The molecule has 1 aromatic carbocycles. The fourth-order valence-corrected chi connectivity index (χ4v) is 4.86. The quantitative estimate of drug-likeness (QED) is 0.499. The molecule has 3 heterocycles. The van der Waals surface area contributed by atoms with Crippen LogP contribution in [-0.2, 0) is 17.8 Å². The van der Waals surface area contributed by atoms with Crippen molar-refractivity contribution in [2.45, 2.75) is 36.7 Å². The molecule has 152 valence electrons. The number of nitrogens with zero attached hydrogens (tertiary/aromatic N) is 4. The van der Waals surface area contributed by atoms with Gasteiger partial charge in [-0.05, 0) is 30.8 Å². The second-order valence-electron chi connectivity index (χ2n) is 6.87. The highest BCUT2D eigenvalue weighted by molar-refractivity contribution is 7.99. The molecule has 29 heavy (non-hydrogen) atoms. The van der Waals surface area contributed by atoms with Crippen LogP contribution < -0.4 is 5.32 Å². The third-order valence-electron chi connectivity index (χ3n) is 5.33. The van der Waals surface area contributed by atoms with Gasteiger partial charge in [-0.2, -0.15) is 5.10 Å². The van der Waals surface area contributed by atoms with Crippen molar-refractivity contribution in [2.75, 3.05) is 26.7 Å². The zero-order valence-corrected chi connectivity index (χ0v) is 17.8. The summed E-state index contributed by atoms with van der Waals surface area (Å²) in [6.45, 7) is 8.62. The first-order valence-corrected chi connectivity index (χ1v) is 10.7. The lowest BCUT2D eigenvalue weighted by molar-refractivity contribution is 0.170. The van der Waals surface area contributed by atoms with Gasteiger partial charge in [0.25, 0.3) is 0 Å². The van der Waals surface area contributed by atoms with Gasteiger partial charge in [0.05, 0.1) is 19.2 Å². The number of methoxy groups -OCH3 is 1. The highest BCUT2D eigenvalue weighted by Crippen LogP contribution is 2.48. The molecule has 1 amide bonds. The molecule has 0 radical (unpaired) electrons. The molecule has 1 aliphatic heterocycles. The van der Waals surface area contributed by atoms with Crippen molar-refractivity contribution in [2.24, 2.45) is 0 Å². The Balaban J connectivity index is 1.78. The lowest BCUT2D eigenvalue weighted by atomic mass is 10.1. The number of carbonyl (C=O) groups excluding carboxylic acids is 1. The third kappa shape index (κ3) is 3.70. The fraction of sp³-hybridized carbons (Fsp3) is 0.381. The predicted molar refractivity (Wildman–Crippen MR) is 114 cm³/mol. The van der Waals surface area contributed by atoms with Gasteiger partial charge < -0.3 is 15.0 Å². The van der Waals surface area contributed by atoms with E-state index in [1.54, 1.807) is 18.0 Å². The molecule has 7 nitrogen and oxygen atoms in total. The molecular formula is C21H25N5O2S. The molecule has 0 spiro atoms. The van der Waals surface area contributed by atoms with Gasteiger partial charge in [-0.3, -0.25) is 9.67 Å². The van der Waals surface area contributed by atoms with E-state index in [2.05, 4.69) is 45.9 Å². The van der Waals surface area contributed by atoms with Gasteiger partial charge in [0.2, 0.25) is 0 Å². The molecule has 0 fully saturated rings. The zero-order valence-electron chi connectivity index (χ0n) is 16.9. The summed E-state index contributed by atoms with van der Waals surface area (Å²) >= 11 is 1.71. The lowest BCUT2D eigenvalue weighted by Gasteiger charge is -2.18. The third-order valence-corrected chi connectivity index (χ3v) is 6.58. The minimum Gasteiger partial charge on any atom is -0.453 e. The molecule has 0 bridgehead atoms. The molecule has 1 aliphatic rings. The number of amides is 1. The number of pyridine rings is 1. The first kappa shape index (κ1) is 19.7. The fourth-order valence-electron chi connectivity index (χ4n) is 3.67. The molecule has 8 heteroatoms. The van der Waals surface area contributed by atoms with Gasteiger partial charge in [-0.25, -0.2) is 4.79 Å². The Hall–Kier alpha value is -2.58. The van der Waals surface area contributed by atoms with Crippen molar-refractivity contribution in [3.05, 3.63) is 36.2 Å². The van der Waals surface area contributed by atoms with Crippen molar-refractivity contribution >= 4 is 28.8 Å². The molecule has 3 aromatic rings. The number of ether oxygens (including phenoxy) is 1. The SMILES string of the molecule is CCN(CC)CCn1nc2c3c(c(CNC(=O)OC)ccc31)Sc1ccncc1-2. The van der Waals surface area contributed by atoms with E-state index in [1.165, 1.54) is 7.11 Å². The number of fused-ring (bicyclic) bond motifs is 2. The van der Waals surface area contributed by atoms with Crippen LogP contribution >= 0.6 is 11.8 Å². The Labute approximate surface area is 174 Å². The summed E-state index contributed by atoms with van der Waals surface area (Å²) < 4.78 is 6.82. The number of hydrogen-bond donors (Lipinski definition) is 1. The minimum atomic E-state index is -0.433. The number of rotatable bonds is 7. The summed E-state index contributed by atoms with van der Waals surface area (Å²) in [6.07, 6.45) is 3.26. The van der Waals surface area contributed by atoms with Gasteiger partial charge in [-0.1, -0.05) is 31.7 Å². The van der Waals surface area contributed by atoms with Crippen LogP contribution in [0, 0.1) is 0 Å². The van der Waals surface area contributed by atoms with Gasteiger partial charge in [-0.15, -0.1) is 0 Å². The van der Waals surface area contributed by atoms with Crippen molar-refractivity contribution < 1.29 is 9.53 Å². The maximum Gasteiger partial charge on any atom is 0.407 e. The number of aromatic nitrogens is 3. The number of alkyl carbamates (subject to hydrolysis) is 1. The Bertz CT molecular complexity index is 1040. The maximum absolute atomic E-state index is 11.6. The summed E-state index contributed by atoms with van der Waals surface area (Å²) in [4.78, 5) is 20.6. The van der Waals surface area contributed by atoms with E-state index in [-0.39, 0.29) is 0 Å². The topological polar surface area (TPSA) is 72.3 Å². The molecule has 0 saturated carbocycles. The van der Waals surface area contributed by atoms with Crippen LogP contribution in [0.5, 0.6) is 0 Å². The van der Waals surface area contributed by atoms with E-state index in [4.69, 9.17) is 9.84 Å². The smallest absolute Gasteiger partial charge is 0.407 e. The lowest BCUT2D eigenvalue weighted by Crippen LogP contribution is -2.27. The van der Waals surface area contributed by atoms with Gasteiger partial charge >= 0.3 is 6.09 Å².